The van der Waals surface area contributed by atoms with Gasteiger partial charge in [0.25, 0.3) is 0 Å². The second-order valence-corrected chi connectivity index (χ2v) is 4.14. The second-order valence-electron chi connectivity index (χ2n) is 4.14. The number of aliphatic hydroxyl groups excluding tert-OH is 1. The number of benzene rings is 1. The van der Waals surface area contributed by atoms with Crippen LogP contribution in [0.2, 0.25) is 0 Å². The van der Waals surface area contributed by atoms with Crippen LogP contribution in [0.1, 0.15) is 18.1 Å². The zero-order valence-corrected chi connectivity index (χ0v) is 9.68. The minimum Gasteiger partial charge on any atom is -0.495 e. The zero-order valence-electron chi connectivity index (χ0n) is 9.68. The summed E-state index contributed by atoms with van der Waals surface area (Å²) in [5, 5.41) is 10.1. The number of rotatable bonds is 3. The molecular formula is C13H17NO2. The summed E-state index contributed by atoms with van der Waals surface area (Å²) in [6.07, 6.45) is 2.20. The number of hydrogen-bond donors (Lipinski definition) is 1. The van der Waals surface area contributed by atoms with Gasteiger partial charge in [-0.1, -0.05) is 12.1 Å². The summed E-state index contributed by atoms with van der Waals surface area (Å²) in [5.74, 6) is 0.677. The van der Waals surface area contributed by atoms with Gasteiger partial charge in [-0.25, -0.2) is 0 Å². The predicted molar refractivity (Wildman–Crippen MR) is 64.4 cm³/mol. The maximum Gasteiger partial charge on any atom is 0.136 e. The predicted octanol–water partition coefficient (Wildman–Crippen LogP) is 2.09. The van der Waals surface area contributed by atoms with Gasteiger partial charge in [0.1, 0.15) is 11.9 Å². The first-order chi connectivity index (χ1) is 7.68. The average Bonchev–Trinajstić information content (AvgIpc) is 2.81. The third-order valence-electron chi connectivity index (χ3n) is 2.70. The fourth-order valence-corrected chi connectivity index (χ4v) is 1.76. The Morgan fingerprint density at radius 3 is 2.81 bits per heavy atom. The number of nitrogens with zero attached hydrogens (tertiary/aromatic N) is 1. The Kier molecular flexibility index (Phi) is 3.15. The van der Waals surface area contributed by atoms with Crippen molar-refractivity contribution >= 4 is 5.69 Å². The highest BCUT2D eigenvalue weighted by molar-refractivity contribution is 5.48. The van der Waals surface area contributed by atoms with Gasteiger partial charge in [-0.3, -0.25) is 0 Å². The molecule has 1 aliphatic heterocycles. The third-order valence-corrected chi connectivity index (χ3v) is 2.70. The molecule has 0 saturated heterocycles. The van der Waals surface area contributed by atoms with E-state index >= 15 is 0 Å². The molecule has 0 aromatic heterocycles. The van der Waals surface area contributed by atoms with Crippen LogP contribution >= 0.6 is 0 Å². The van der Waals surface area contributed by atoms with E-state index in [-0.39, 0.29) is 0 Å². The Hall–Kier alpha value is -1.48. The van der Waals surface area contributed by atoms with Crippen molar-refractivity contribution in [1.29, 1.82) is 0 Å². The molecule has 3 nitrogen and oxygen atoms in total. The molecule has 86 valence electrons. The molecule has 1 aromatic rings. The van der Waals surface area contributed by atoms with Crippen LogP contribution in [-0.4, -0.2) is 25.8 Å². The largest absolute Gasteiger partial charge is 0.495 e. The summed E-state index contributed by atoms with van der Waals surface area (Å²) in [6, 6.07) is 7.86. The lowest BCUT2D eigenvalue weighted by atomic mass is 10.1. The summed E-state index contributed by atoms with van der Waals surface area (Å²) in [5.41, 5.74) is 1.95. The van der Waals surface area contributed by atoms with Crippen molar-refractivity contribution in [3.05, 3.63) is 41.7 Å². The van der Waals surface area contributed by atoms with Crippen molar-refractivity contribution in [2.45, 2.75) is 12.5 Å². The van der Waals surface area contributed by atoms with Gasteiger partial charge in [0, 0.05) is 26.2 Å². The molecule has 1 atom stereocenters. The molecule has 0 radical (unpaired) electrons. The molecule has 16 heavy (non-hydrogen) atoms. The summed E-state index contributed by atoms with van der Waals surface area (Å²) in [6.45, 7) is 0.680. The van der Waals surface area contributed by atoms with Gasteiger partial charge in [0.2, 0.25) is 0 Å². The van der Waals surface area contributed by atoms with Gasteiger partial charge in [-0.15, -0.1) is 0 Å². The van der Waals surface area contributed by atoms with Crippen LogP contribution in [0.25, 0.3) is 0 Å². The SMILES string of the molecule is CN(C)c1cccc(C(O)C2=CCCO2)c1. The third kappa shape index (κ3) is 2.19. The van der Waals surface area contributed by atoms with E-state index in [9.17, 15) is 5.11 Å². The molecule has 0 aliphatic carbocycles. The number of hydrogen-bond acceptors (Lipinski definition) is 3. The molecule has 3 heteroatoms. The van der Waals surface area contributed by atoms with E-state index in [0.717, 1.165) is 17.7 Å². The van der Waals surface area contributed by atoms with Crippen LogP contribution in [0.5, 0.6) is 0 Å². The molecule has 0 bridgehead atoms. The number of ether oxygens (including phenoxy) is 1. The van der Waals surface area contributed by atoms with Crippen molar-refractivity contribution in [3.8, 4) is 0 Å². The molecule has 1 N–H and O–H groups in total. The van der Waals surface area contributed by atoms with Crippen LogP contribution in [0, 0.1) is 0 Å². The Balaban J connectivity index is 2.22. The van der Waals surface area contributed by atoms with Crippen molar-refractivity contribution in [2.24, 2.45) is 0 Å². The lowest BCUT2D eigenvalue weighted by Gasteiger charge is -2.17. The second kappa shape index (κ2) is 4.58. The minimum atomic E-state index is -0.637. The Morgan fingerprint density at radius 1 is 1.38 bits per heavy atom. The molecule has 0 saturated carbocycles. The van der Waals surface area contributed by atoms with Gasteiger partial charge < -0.3 is 14.7 Å². The smallest absolute Gasteiger partial charge is 0.136 e. The Morgan fingerprint density at radius 2 is 2.19 bits per heavy atom. The van der Waals surface area contributed by atoms with E-state index in [1.54, 1.807) is 0 Å². The zero-order chi connectivity index (χ0) is 11.5. The Bertz CT molecular complexity index is 399. The van der Waals surface area contributed by atoms with Crippen molar-refractivity contribution < 1.29 is 9.84 Å². The van der Waals surface area contributed by atoms with E-state index in [2.05, 4.69) is 0 Å². The molecule has 1 heterocycles. The van der Waals surface area contributed by atoms with E-state index in [4.69, 9.17) is 4.74 Å². The Labute approximate surface area is 96.0 Å². The number of anilines is 1. The normalized spacial score (nSPS) is 16.6. The first-order valence-electron chi connectivity index (χ1n) is 5.46. The van der Waals surface area contributed by atoms with Crippen molar-refractivity contribution in [2.75, 3.05) is 25.6 Å². The maximum atomic E-state index is 10.1. The van der Waals surface area contributed by atoms with Gasteiger partial charge in [-0.05, 0) is 23.8 Å². The highest BCUT2D eigenvalue weighted by Crippen LogP contribution is 2.28. The van der Waals surface area contributed by atoms with Crippen LogP contribution in [0.15, 0.2) is 36.1 Å². The van der Waals surface area contributed by atoms with Gasteiger partial charge in [0.05, 0.1) is 6.61 Å². The monoisotopic (exact) mass is 219 g/mol. The van der Waals surface area contributed by atoms with Crippen LogP contribution in [0.3, 0.4) is 0 Å². The lowest BCUT2D eigenvalue weighted by Crippen LogP contribution is -2.10. The van der Waals surface area contributed by atoms with E-state index in [1.165, 1.54) is 0 Å². The van der Waals surface area contributed by atoms with Crippen molar-refractivity contribution in [1.82, 2.24) is 0 Å². The molecule has 0 fully saturated rings. The van der Waals surface area contributed by atoms with Crippen LogP contribution in [-0.2, 0) is 4.74 Å². The van der Waals surface area contributed by atoms with Gasteiger partial charge in [-0.2, -0.15) is 0 Å². The van der Waals surface area contributed by atoms with Crippen LogP contribution < -0.4 is 4.90 Å². The maximum absolute atomic E-state index is 10.1. The lowest BCUT2D eigenvalue weighted by molar-refractivity contribution is 0.119. The fraction of sp³-hybridized carbons (Fsp3) is 0.385. The molecule has 2 rings (SSSR count). The summed E-state index contributed by atoms with van der Waals surface area (Å²) >= 11 is 0. The van der Waals surface area contributed by atoms with E-state index in [0.29, 0.717) is 12.4 Å². The molecular weight excluding hydrogens is 202 g/mol. The molecule has 1 aliphatic rings. The standard InChI is InChI=1S/C13H17NO2/c1-14(2)11-6-3-5-10(9-11)13(15)12-7-4-8-16-12/h3,5-7,9,13,15H,4,8H2,1-2H3. The topological polar surface area (TPSA) is 32.7 Å². The number of aliphatic hydroxyl groups is 1. The fourth-order valence-electron chi connectivity index (χ4n) is 1.76. The summed E-state index contributed by atoms with van der Waals surface area (Å²) in [4.78, 5) is 2.01. The van der Waals surface area contributed by atoms with E-state index < -0.39 is 6.10 Å². The first kappa shape index (κ1) is 11.0. The van der Waals surface area contributed by atoms with Crippen LogP contribution in [0.4, 0.5) is 5.69 Å². The molecule has 0 spiro atoms. The quantitative estimate of drug-likeness (QED) is 0.845. The molecule has 1 unspecified atom stereocenters. The molecule has 0 amide bonds. The average molecular weight is 219 g/mol. The molecule has 1 aromatic carbocycles. The minimum absolute atomic E-state index is 0.637. The van der Waals surface area contributed by atoms with Gasteiger partial charge >= 0.3 is 0 Å². The highest BCUT2D eigenvalue weighted by Gasteiger charge is 2.18. The first-order valence-corrected chi connectivity index (χ1v) is 5.46. The summed E-state index contributed by atoms with van der Waals surface area (Å²) in [7, 11) is 3.97. The van der Waals surface area contributed by atoms with Crippen molar-refractivity contribution in [3.63, 3.8) is 0 Å². The van der Waals surface area contributed by atoms with Gasteiger partial charge in [0.15, 0.2) is 0 Å². The summed E-state index contributed by atoms with van der Waals surface area (Å²) < 4.78 is 5.37. The highest BCUT2D eigenvalue weighted by atomic mass is 16.5. The van der Waals surface area contributed by atoms with E-state index in [1.807, 2.05) is 49.3 Å².